The first-order chi connectivity index (χ1) is 22.6. The van der Waals surface area contributed by atoms with Crippen LogP contribution in [0, 0.1) is 5.92 Å². The summed E-state index contributed by atoms with van der Waals surface area (Å²) in [5.74, 6) is -0.299. The summed E-state index contributed by atoms with van der Waals surface area (Å²) >= 11 is 0. The highest BCUT2D eigenvalue weighted by Crippen LogP contribution is 2.28. The summed E-state index contributed by atoms with van der Waals surface area (Å²) in [5, 5.41) is 16.0. The number of benzene rings is 3. The van der Waals surface area contributed by atoms with Gasteiger partial charge in [-0.15, -0.1) is 0 Å². The molecule has 0 saturated heterocycles. The number of urea groups is 1. The lowest BCUT2D eigenvalue weighted by atomic mass is 10.0. The molecule has 0 saturated carbocycles. The molecule has 252 valence electrons. The van der Waals surface area contributed by atoms with Crippen molar-refractivity contribution >= 4 is 29.2 Å². The van der Waals surface area contributed by atoms with E-state index in [9.17, 15) is 19.5 Å². The summed E-state index contributed by atoms with van der Waals surface area (Å²) in [7, 11) is 1.72. The van der Waals surface area contributed by atoms with Gasteiger partial charge in [0.1, 0.15) is 5.75 Å². The lowest BCUT2D eigenvalue weighted by Gasteiger charge is -2.35. The maximum atomic E-state index is 14.3. The Balaban J connectivity index is 1.58. The molecule has 0 aliphatic carbocycles. The highest BCUT2D eigenvalue weighted by atomic mass is 16.5. The molecule has 3 aromatic rings. The molecule has 0 bridgehead atoms. The van der Waals surface area contributed by atoms with Gasteiger partial charge >= 0.3 is 6.03 Å². The van der Waals surface area contributed by atoms with Gasteiger partial charge in [0.15, 0.2) is 0 Å². The van der Waals surface area contributed by atoms with E-state index in [1.54, 1.807) is 42.0 Å². The molecule has 47 heavy (non-hydrogen) atoms. The number of aliphatic hydroxyl groups is 1. The van der Waals surface area contributed by atoms with Gasteiger partial charge in [0.2, 0.25) is 5.91 Å². The Morgan fingerprint density at radius 1 is 0.979 bits per heavy atom. The minimum absolute atomic E-state index is 0.172. The number of nitrogens with zero attached hydrogens (tertiary/aromatic N) is 2. The van der Waals surface area contributed by atoms with Gasteiger partial charge in [0, 0.05) is 44.0 Å². The number of amides is 4. The van der Waals surface area contributed by atoms with Crippen LogP contribution in [-0.2, 0) is 16.0 Å². The molecule has 4 rings (SSSR count). The Labute approximate surface area is 278 Å². The molecule has 1 aliphatic rings. The Hall–Kier alpha value is -4.41. The Bertz CT molecular complexity index is 1450. The number of hydrogen-bond donors (Lipinski definition) is 3. The Kier molecular flexibility index (Phi) is 13.2. The van der Waals surface area contributed by atoms with Gasteiger partial charge in [-0.05, 0) is 69.0 Å². The van der Waals surface area contributed by atoms with Crippen LogP contribution in [0.4, 0.5) is 16.2 Å². The van der Waals surface area contributed by atoms with Crippen LogP contribution in [0.1, 0.15) is 56.0 Å². The standard InChI is InChI=1S/C37H48N4O6/c1-26-23-41(27(2)25-42)36(44)32-22-31(38-35(43)21-29-14-7-5-8-15-29)18-19-33(32)47-28(3)13-11-12-20-46-34(26)24-40(4)37(45)39-30-16-9-6-10-17-30/h5-10,14-19,22,26-28,34,42H,11-13,20-21,23-25H2,1-4H3,(H,38,43)(H,39,45)/t26-,27+,28-,34+/m0/s1. The summed E-state index contributed by atoms with van der Waals surface area (Å²) in [6.45, 7) is 6.57. The monoisotopic (exact) mass is 644 g/mol. The van der Waals surface area contributed by atoms with E-state index in [2.05, 4.69) is 10.6 Å². The third kappa shape index (κ3) is 10.6. The van der Waals surface area contributed by atoms with Gasteiger partial charge in [-0.25, -0.2) is 4.79 Å². The molecule has 4 amide bonds. The first kappa shape index (κ1) is 35.4. The second kappa shape index (κ2) is 17.5. The van der Waals surface area contributed by atoms with Gasteiger partial charge in [0.05, 0.1) is 36.8 Å². The average Bonchev–Trinajstić information content (AvgIpc) is 3.06. The number of nitrogens with one attached hydrogen (secondary N) is 2. The van der Waals surface area contributed by atoms with E-state index in [-0.39, 0.29) is 55.5 Å². The molecule has 0 radical (unpaired) electrons. The highest BCUT2D eigenvalue weighted by molar-refractivity contribution is 6.00. The first-order valence-corrected chi connectivity index (χ1v) is 16.4. The molecular formula is C37H48N4O6. The number of para-hydroxylation sites is 1. The minimum Gasteiger partial charge on any atom is -0.490 e. The van der Waals surface area contributed by atoms with Crippen LogP contribution in [0.2, 0.25) is 0 Å². The maximum absolute atomic E-state index is 14.3. The fraction of sp³-hybridized carbons (Fsp3) is 0.432. The Morgan fingerprint density at radius 3 is 2.38 bits per heavy atom. The van der Waals surface area contributed by atoms with Crippen molar-refractivity contribution in [3.05, 3.63) is 90.0 Å². The zero-order chi connectivity index (χ0) is 33.8. The molecular weight excluding hydrogens is 596 g/mol. The predicted octanol–water partition coefficient (Wildman–Crippen LogP) is 5.83. The molecule has 10 nitrogen and oxygen atoms in total. The largest absolute Gasteiger partial charge is 0.490 e. The van der Waals surface area contributed by atoms with Crippen LogP contribution in [0.3, 0.4) is 0 Å². The number of aliphatic hydroxyl groups excluding tert-OH is 1. The quantitative estimate of drug-likeness (QED) is 0.284. The summed E-state index contributed by atoms with van der Waals surface area (Å²) in [6, 6.07) is 23.1. The molecule has 4 atom stereocenters. The van der Waals surface area contributed by atoms with Crippen molar-refractivity contribution in [1.82, 2.24) is 9.80 Å². The van der Waals surface area contributed by atoms with Gasteiger partial charge in [0.25, 0.3) is 5.91 Å². The fourth-order valence-corrected chi connectivity index (χ4v) is 5.54. The van der Waals surface area contributed by atoms with E-state index in [1.807, 2.05) is 74.5 Å². The van der Waals surface area contributed by atoms with Gasteiger partial charge in [-0.1, -0.05) is 55.5 Å². The van der Waals surface area contributed by atoms with Crippen molar-refractivity contribution in [3.63, 3.8) is 0 Å². The highest BCUT2D eigenvalue weighted by Gasteiger charge is 2.31. The van der Waals surface area contributed by atoms with E-state index in [0.717, 1.165) is 24.8 Å². The number of hydrogen-bond acceptors (Lipinski definition) is 6. The van der Waals surface area contributed by atoms with Gasteiger partial charge in [-0.2, -0.15) is 0 Å². The van der Waals surface area contributed by atoms with Crippen molar-refractivity contribution < 1.29 is 29.0 Å². The van der Waals surface area contributed by atoms with Crippen LogP contribution in [0.25, 0.3) is 0 Å². The van der Waals surface area contributed by atoms with E-state index < -0.39 is 6.04 Å². The molecule has 1 aliphatic heterocycles. The second-order valence-corrected chi connectivity index (χ2v) is 12.4. The molecule has 0 fully saturated rings. The maximum Gasteiger partial charge on any atom is 0.321 e. The molecule has 0 spiro atoms. The van der Waals surface area contributed by atoms with E-state index in [4.69, 9.17) is 9.47 Å². The van der Waals surface area contributed by atoms with E-state index in [1.165, 1.54) is 0 Å². The summed E-state index contributed by atoms with van der Waals surface area (Å²) in [5.41, 5.74) is 2.36. The normalized spacial score (nSPS) is 19.8. The fourth-order valence-electron chi connectivity index (χ4n) is 5.54. The lowest BCUT2D eigenvalue weighted by molar-refractivity contribution is -0.115. The van der Waals surface area contributed by atoms with E-state index in [0.29, 0.717) is 35.8 Å². The zero-order valence-electron chi connectivity index (χ0n) is 27.9. The minimum atomic E-state index is -0.515. The van der Waals surface area contributed by atoms with Gasteiger partial charge in [-0.3, -0.25) is 9.59 Å². The van der Waals surface area contributed by atoms with Gasteiger partial charge < -0.3 is 35.0 Å². The SMILES string of the molecule is C[C@H](CO)N1C[C@H](C)[C@@H](CN(C)C(=O)Nc2ccccc2)OCCCC[C@H](C)Oc2ccc(NC(=O)Cc3ccccc3)cc2C1=O. The van der Waals surface area contributed by atoms with Crippen LogP contribution >= 0.6 is 0 Å². The molecule has 0 unspecified atom stereocenters. The second-order valence-electron chi connectivity index (χ2n) is 12.4. The number of ether oxygens (including phenoxy) is 2. The number of carbonyl (C=O) groups is 3. The van der Waals surface area contributed by atoms with Crippen molar-refractivity contribution in [3.8, 4) is 5.75 Å². The zero-order valence-corrected chi connectivity index (χ0v) is 27.9. The van der Waals surface area contributed by atoms with Crippen LogP contribution in [-0.4, -0.2) is 84.4 Å². The number of fused-ring (bicyclic) bond motifs is 1. The average molecular weight is 645 g/mol. The third-order valence-electron chi connectivity index (χ3n) is 8.37. The number of rotatable bonds is 8. The lowest BCUT2D eigenvalue weighted by Crippen LogP contribution is -2.48. The van der Waals surface area contributed by atoms with Crippen molar-refractivity contribution in [1.29, 1.82) is 0 Å². The van der Waals surface area contributed by atoms with E-state index >= 15 is 0 Å². The number of likely N-dealkylation sites (N-methyl/N-ethyl adjacent to an activating group) is 1. The molecule has 0 aromatic heterocycles. The smallest absolute Gasteiger partial charge is 0.321 e. The van der Waals surface area contributed by atoms with Crippen molar-refractivity contribution in [2.24, 2.45) is 5.92 Å². The predicted molar refractivity (Wildman–Crippen MR) is 184 cm³/mol. The molecule has 10 heteroatoms. The number of anilines is 2. The number of carbonyl (C=O) groups excluding carboxylic acids is 3. The molecule has 1 heterocycles. The molecule has 3 aromatic carbocycles. The van der Waals surface area contributed by atoms with Crippen LogP contribution in [0.15, 0.2) is 78.9 Å². The summed E-state index contributed by atoms with van der Waals surface area (Å²) < 4.78 is 12.7. The topological polar surface area (TPSA) is 120 Å². The summed E-state index contributed by atoms with van der Waals surface area (Å²) in [4.78, 5) is 43.5. The first-order valence-electron chi connectivity index (χ1n) is 16.4. The Morgan fingerprint density at radius 2 is 1.68 bits per heavy atom. The van der Waals surface area contributed by atoms with Crippen molar-refractivity contribution in [2.75, 3.05) is 44.0 Å². The van der Waals surface area contributed by atoms with Crippen molar-refractivity contribution in [2.45, 2.75) is 64.7 Å². The van der Waals surface area contributed by atoms with Crippen LogP contribution in [0.5, 0.6) is 5.75 Å². The van der Waals surface area contributed by atoms with Crippen LogP contribution < -0.4 is 15.4 Å². The molecule has 3 N–H and O–H groups in total. The summed E-state index contributed by atoms with van der Waals surface area (Å²) in [6.07, 6.45) is 2.08. The third-order valence-corrected chi connectivity index (χ3v) is 8.37.